The predicted molar refractivity (Wildman–Crippen MR) is 109 cm³/mol. The third-order valence-corrected chi connectivity index (χ3v) is 5.20. The van der Waals surface area contributed by atoms with E-state index in [-0.39, 0.29) is 30.1 Å². The van der Waals surface area contributed by atoms with Crippen molar-refractivity contribution in [1.82, 2.24) is 10.2 Å². The van der Waals surface area contributed by atoms with E-state index in [2.05, 4.69) is 5.32 Å². The fourth-order valence-corrected chi connectivity index (χ4v) is 3.62. The number of rotatable bonds is 7. The van der Waals surface area contributed by atoms with Gasteiger partial charge in [0.2, 0.25) is 11.8 Å². The van der Waals surface area contributed by atoms with Crippen LogP contribution in [0.5, 0.6) is 5.75 Å². The zero-order valence-corrected chi connectivity index (χ0v) is 16.9. The highest BCUT2D eigenvalue weighted by Gasteiger charge is 2.36. The average Bonchev–Trinajstić information content (AvgIpc) is 3.09. The van der Waals surface area contributed by atoms with Gasteiger partial charge in [-0.15, -0.1) is 0 Å². The third-order valence-electron chi connectivity index (χ3n) is 5.20. The maximum Gasteiger partial charge on any atom is 0.227 e. The van der Waals surface area contributed by atoms with Gasteiger partial charge in [0, 0.05) is 19.5 Å². The molecule has 0 bridgehead atoms. The minimum absolute atomic E-state index is 0.107. The molecule has 1 aliphatic rings. The highest BCUT2D eigenvalue weighted by Crippen LogP contribution is 2.32. The van der Waals surface area contributed by atoms with Crippen LogP contribution in [-0.2, 0) is 9.59 Å². The third kappa shape index (κ3) is 4.74. The molecule has 6 nitrogen and oxygen atoms in total. The molecule has 2 amide bonds. The first-order valence-corrected chi connectivity index (χ1v) is 9.53. The van der Waals surface area contributed by atoms with Gasteiger partial charge in [-0.05, 0) is 43.9 Å². The Kier molecular flexibility index (Phi) is 6.49. The highest BCUT2D eigenvalue weighted by atomic mass is 19.1. The molecular weight excluding hydrogens is 373 g/mol. The van der Waals surface area contributed by atoms with E-state index in [1.165, 1.54) is 12.1 Å². The largest absolute Gasteiger partial charge is 0.495 e. The van der Waals surface area contributed by atoms with Gasteiger partial charge in [0.05, 0.1) is 24.8 Å². The van der Waals surface area contributed by atoms with Gasteiger partial charge in [0.15, 0.2) is 0 Å². The normalized spacial score (nSPS) is 17.5. The van der Waals surface area contributed by atoms with E-state index in [0.717, 1.165) is 5.56 Å². The van der Waals surface area contributed by atoms with E-state index in [9.17, 15) is 14.0 Å². The van der Waals surface area contributed by atoms with E-state index >= 15 is 0 Å². The van der Waals surface area contributed by atoms with Gasteiger partial charge >= 0.3 is 0 Å². The summed E-state index contributed by atoms with van der Waals surface area (Å²) in [5.41, 5.74) is 1.45. The van der Waals surface area contributed by atoms with E-state index < -0.39 is 5.92 Å². The number of benzene rings is 2. The first kappa shape index (κ1) is 20.8. The molecule has 0 aliphatic carbocycles. The SMILES string of the molecule is COc1ccccc1N1CC(C(=O)NCC(c2cccc(F)c2)N(C)C)CC1=O. The molecule has 29 heavy (non-hydrogen) atoms. The maximum atomic E-state index is 13.6. The lowest BCUT2D eigenvalue weighted by molar-refractivity contribution is -0.126. The quantitative estimate of drug-likeness (QED) is 0.778. The number of nitrogens with zero attached hydrogens (tertiary/aromatic N) is 2. The second-order valence-corrected chi connectivity index (χ2v) is 7.36. The molecule has 2 aromatic rings. The molecule has 2 aromatic carbocycles. The zero-order valence-electron chi connectivity index (χ0n) is 16.9. The Morgan fingerprint density at radius 2 is 2.03 bits per heavy atom. The van der Waals surface area contributed by atoms with Crippen LogP contribution in [0.4, 0.5) is 10.1 Å². The summed E-state index contributed by atoms with van der Waals surface area (Å²) in [6.07, 6.45) is 0.149. The van der Waals surface area contributed by atoms with Crippen molar-refractivity contribution in [1.29, 1.82) is 0 Å². The number of nitrogens with one attached hydrogen (secondary N) is 1. The van der Waals surface area contributed by atoms with Crippen molar-refractivity contribution in [2.24, 2.45) is 5.92 Å². The summed E-state index contributed by atoms with van der Waals surface area (Å²) in [5, 5.41) is 2.93. The molecule has 2 atom stereocenters. The second-order valence-electron chi connectivity index (χ2n) is 7.36. The molecule has 1 N–H and O–H groups in total. The van der Waals surface area contributed by atoms with Gasteiger partial charge in [0.25, 0.3) is 0 Å². The van der Waals surface area contributed by atoms with Gasteiger partial charge in [-0.3, -0.25) is 9.59 Å². The van der Waals surface area contributed by atoms with Crippen molar-refractivity contribution in [2.75, 3.05) is 39.2 Å². The molecule has 0 radical (unpaired) electrons. The number of hydrogen-bond acceptors (Lipinski definition) is 4. The highest BCUT2D eigenvalue weighted by molar-refractivity contribution is 6.01. The average molecular weight is 399 g/mol. The Labute approximate surface area is 170 Å². The van der Waals surface area contributed by atoms with Crippen molar-refractivity contribution >= 4 is 17.5 Å². The van der Waals surface area contributed by atoms with Crippen molar-refractivity contribution in [3.8, 4) is 5.75 Å². The van der Waals surface area contributed by atoms with E-state index in [1.54, 1.807) is 24.1 Å². The van der Waals surface area contributed by atoms with Crippen molar-refractivity contribution in [3.63, 3.8) is 0 Å². The Hall–Kier alpha value is -2.93. The van der Waals surface area contributed by atoms with Gasteiger partial charge < -0.3 is 19.9 Å². The zero-order chi connectivity index (χ0) is 21.0. The van der Waals surface area contributed by atoms with Crippen LogP contribution in [0.3, 0.4) is 0 Å². The van der Waals surface area contributed by atoms with E-state index in [1.807, 2.05) is 43.3 Å². The number of hydrogen-bond donors (Lipinski definition) is 1. The molecule has 1 aliphatic heterocycles. The fourth-order valence-electron chi connectivity index (χ4n) is 3.62. The van der Waals surface area contributed by atoms with Gasteiger partial charge in [-0.25, -0.2) is 4.39 Å². The molecule has 0 saturated carbocycles. The van der Waals surface area contributed by atoms with Crippen LogP contribution in [0.1, 0.15) is 18.0 Å². The molecule has 3 rings (SSSR count). The molecular formula is C22H26FN3O3. The smallest absolute Gasteiger partial charge is 0.227 e. The lowest BCUT2D eigenvalue weighted by atomic mass is 10.0. The van der Waals surface area contributed by atoms with E-state index in [4.69, 9.17) is 4.74 Å². The number of ether oxygens (including phenoxy) is 1. The fraction of sp³-hybridized carbons (Fsp3) is 0.364. The minimum Gasteiger partial charge on any atom is -0.495 e. The topological polar surface area (TPSA) is 61.9 Å². The van der Waals surface area contributed by atoms with Crippen LogP contribution in [0.25, 0.3) is 0 Å². The molecule has 1 fully saturated rings. The Morgan fingerprint density at radius 3 is 2.72 bits per heavy atom. The number of methoxy groups -OCH3 is 1. The Balaban J connectivity index is 1.66. The summed E-state index contributed by atoms with van der Waals surface area (Å²) >= 11 is 0. The second kappa shape index (κ2) is 9.05. The van der Waals surface area contributed by atoms with Crippen LogP contribution < -0.4 is 15.0 Å². The summed E-state index contributed by atoms with van der Waals surface area (Å²) in [6, 6.07) is 13.5. The van der Waals surface area contributed by atoms with Crippen LogP contribution in [0.15, 0.2) is 48.5 Å². The van der Waals surface area contributed by atoms with Crippen LogP contribution in [-0.4, -0.2) is 51.0 Å². The number of carbonyl (C=O) groups is 2. The first-order chi connectivity index (χ1) is 13.9. The molecule has 154 valence electrons. The van der Waals surface area contributed by atoms with Gasteiger partial charge in [-0.2, -0.15) is 0 Å². The van der Waals surface area contributed by atoms with Crippen LogP contribution in [0.2, 0.25) is 0 Å². The summed E-state index contributed by atoms with van der Waals surface area (Å²) in [6.45, 7) is 0.631. The number of halogens is 1. The number of carbonyl (C=O) groups excluding carboxylic acids is 2. The maximum absolute atomic E-state index is 13.6. The Bertz CT molecular complexity index is 887. The molecule has 2 unspecified atom stereocenters. The summed E-state index contributed by atoms with van der Waals surface area (Å²) in [5.74, 6) is -0.444. The molecule has 0 aromatic heterocycles. The van der Waals surface area contributed by atoms with Crippen LogP contribution >= 0.6 is 0 Å². The number of anilines is 1. The molecule has 1 heterocycles. The Morgan fingerprint density at radius 1 is 1.28 bits per heavy atom. The van der Waals surface area contributed by atoms with Gasteiger partial charge in [0.1, 0.15) is 11.6 Å². The number of para-hydroxylation sites is 2. The standard InChI is InChI=1S/C22H26FN3O3/c1-25(2)19(15-7-6-8-17(23)11-15)13-24-22(28)16-12-21(27)26(14-16)18-9-4-5-10-20(18)29-3/h4-11,16,19H,12-14H2,1-3H3,(H,24,28). The lowest BCUT2D eigenvalue weighted by Crippen LogP contribution is -2.38. The van der Waals surface area contributed by atoms with Gasteiger partial charge in [-0.1, -0.05) is 24.3 Å². The van der Waals surface area contributed by atoms with Crippen molar-refractivity contribution < 1.29 is 18.7 Å². The molecule has 1 saturated heterocycles. The van der Waals surface area contributed by atoms with Crippen LogP contribution in [0, 0.1) is 11.7 Å². The lowest BCUT2D eigenvalue weighted by Gasteiger charge is -2.26. The first-order valence-electron chi connectivity index (χ1n) is 9.53. The predicted octanol–water partition coefficient (Wildman–Crippen LogP) is 2.61. The summed E-state index contributed by atoms with van der Waals surface area (Å²) < 4.78 is 18.9. The monoisotopic (exact) mass is 399 g/mol. The van der Waals surface area contributed by atoms with Crippen molar-refractivity contribution in [3.05, 3.63) is 59.9 Å². The minimum atomic E-state index is -0.442. The molecule has 7 heteroatoms. The summed E-state index contributed by atoms with van der Waals surface area (Å²) in [7, 11) is 5.31. The summed E-state index contributed by atoms with van der Waals surface area (Å²) in [4.78, 5) is 28.8. The number of likely N-dealkylation sites (N-methyl/N-ethyl adjacent to an activating group) is 1. The van der Waals surface area contributed by atoms with E-state index in [0.29, 0.717) is 24.5 Å². The van der Waals surface area contributed by atoms with Crippen molar-refractivity contribution in [2.45, 2.75) is 12.5 Å². The number of amides is 2. The molecule has 0 spiro atoms.